The molecule has 3 nitrogen and oxygen atoms in total. The van der Waals surface area contributed by atoms with Gasteiger partial charge in [0, 0.05) is 39.3 Å². The number of hydrogen-bond acceptors (Lipinski definition) is 3. The lowest BCUT2D eigenvalue weighted by Crippen LogP contribution is -2.50. The predicted molar refractivity (Wildman–Crippen MR) is 80.3 cm³/mol. The average Bonchev–Trinajstić information content (AvgIpc) is 2.83. The molecule has 3 heteroatoms. The summed E-state index contributed by atoms with van der Waals surface area (Å²) in [5, 5.41) is 10.2. The van der Waals surface area contributed by atoms with Crippen molar-refractivity contribution in [2.24, 2.45) is 11.3 Å². The van der Waals surface area contributed by atoms with Crippen molar-refractivity contribution in [3.63, 3.8) is 0 Å². The number of piperazine rings is 1. The molecule has 19 heavy (non-hydrogen) atoms. The Bertz CT molecular complexity index is 260. The van der Waals surface area contributed by atoms with Crippen LogP contribution in [-0.4, -0.2) is 60.3 Å². The minimum absolute atomic E-state index is 0.000974. The van der Waals surface area contributed by atoms with Crippen LogP contribution in [0.5, 0.6) is 0 Å². The van der Waals surface area contributed by atoms with Gasteiger partial charge < -0.3 is 10.0 Å². The third kappa shape index (κ3) is 4.73. The number of β-amino-alcohol motifs (C(OH)–C–C–N with tert-alkyl or cyclic N) is 1. The van der Waals surface area contributed by atoms with E-state index in [0.29, 0.717) is 0 Å². The normalized spacial score (nSPS) is 25.9. The molecule has 0 amide bonds. The molecule has 2 fully saturated rings. The molecule has 1 atom stereocenters. The van der Waals surface area contributed by atoms with Crippen molar-refractivity contribution < 1.29 is 5.11 Å². The zero-order valence-electron chi connectivity index (χ0n) is 13.1. The highest BCUT2D eigenvalue weighted by Crippen LogP contribution is 2.26. The van der Waals surface area contributed by atoms with Crippen LogP contribution in [0, 0.1) is 11.3 Å². The molecule has 1 saturated carbocycles. The first kappa shape index (κ1) is 15.3. The minimum atomic E-state index is -0.214. The molecule has 0 bridgehead atoms. The Hall–Kier alpha value is -0.120. The SMILES string of the molecule is CC(C)(C)[C@H](O)CN1CCN(CC2CCCC2)CC1. The van der Waals surface area contributed by atoms with Gasteiger partial charge in [0.25, 0.3) is 0 Å². The molecule has 1 aliphatic heterocycles. The van der Waals surface area contributed by atoms with Crippen LogP contribution in [0.25, 0.3) is 0 Å². The van der Waals surface area contributed by atoms with Gasteiger partial charge in [-0.15, -0.1) is 0 Å². The number of aliphatic hydroxyl groups is 1. The van der Waals surface area contributed by atoms with Crippen LogP contribution < -0.4 is 0 Å². The second-order valence-electron chi connectivity index (χ2n) is 7.63. The van der Waals surface area contributed by atoms with Crippen LogP contribution in [0.2, 0.25) is 0 Å². The molecule has 2 aliphatic rings. The first-order valence-electron chi connectivity index (χ1n) is 8.08. The average molecular weight is 268 g/mol. The van der Waals surface area contributed by atoms with Gasteiger partial charge in [-0.05, 0) is 24.2 Å². The third-order valence-corrected chi connectivity index (χ3v) is 4.89. The summed E-state index contributed by atoms with van der Waals surface area (Å²) in [6, 6.07) is 0. The van der Waals surface area contributed by atoms with Gasteiger partial charge in [-0.25, -0.2) is 0 Å². The highest BCUT2D eigenvalue weighted by molar-refractivity contribution is 4.81. The van der Waals surface area contributed by atoms with Crippen molar-refractivity contribution in [1.82, 2.24) is 9.80 Å². The molecule has 1 saturated heterocycles. The number of rotatable bonds is 4. The van der Waals surface area contributed by atoms with E-state index in [2.05, 4.69) is 30.6 Å². The van der Waals surface area contributed by atoms with E-state index in [4.69, 9.17) is 0 Å². The van der Waals surface area contributed by atoms with E-state index in [-0.39, 0.29) is 11.5 Å². The van der Waals surface area contributed by atoms with Crippen molar-refractivity contribution in [3.05, 3.63) is 0 Å². The molecule has 112 valence electrons. The molecule has 1 heterocycles. The molecule has 0 aromatic carbocycles. The van der Waals surface area contributed by atoms with Crippen LogP contribution in [0.1, 0.15) is 46.5 Å². The summed E-state index contributed by atoms with van der Waals surface area (Å²) in [5.74, 6) is 0.965. The van der Waals surface area contributed by atoms with Crippen LogP contribution in [0.4, 0.5) is 0 Å². The Balaban J connectivity index is 1.67. The maximum Gasteiger partial charge on any atom is 0.0715 e. The van der Waals surface area contributed by atoms with Crippen molar-refractivity contribution >= 4 is 0 Å². The molecule has 2 rings (SSSR count). The molecule has 0 aromatic heterocycles. The van der Waals surface area contributed by atoms with Gasteiger partial charge in [-0.3, -0.25) is 4.90 Å². The van der Waals surface area contributed by atoms with E-state index in [1.54, 1.807) is 0 Å². The smallest absolute Gasteiger partial charge is 0.0715 e. The van der Waals surface area contributed by atoms with Crippen molar-refractivity contribution in [3.8, 4) is 0 Å². The van der Waals surface area contributed by atoms with Crippen LogP contribution in [0.3, 0.4) is 0 Å². The summed E-state index contributed by atoms with van der Waals surface area (Å²) in [7, 11) is 0. The molecular formula is C16H32N2O. The van der Waals surface area contributed by atoms with Gasteiger partial charge in [-0.2, -0.15) is 0 Å². The molecule has 1 aliphatic carbocycles. The van der Waals surface area contributed by atoms with Gasteiger partial charge >= 0.3 is 0 Å². The van der Waals surface area contributed by atoms with Crippen LogP contribution in [-0.2, 0) is 0 Å². The Morgan fingerprint density at radius 2 is 1.53 bits per heavy atom. The molecule has 1 N–H and O–H groups in total. The zero-order valence-corrected chi connectivity index (χ0v) is 13.1. The van der Waals surface area contributed by atoms with E-state index in [1.165, 1.54) is 45.3 Å². The van der Waals surface area contributed by atoms with Gasteiger partial charge in [0.15, 0.2) is 0 Å². The lowest BCUT2D eigenvalue weighted by molar-refractivity contribution is 0.0119. The molecule has 0 unspecified atom stereocenters. The first-order valence-corrected chi connectivity index (χ1v) is 8.08. The summed E-state index contributed by atoms with van der Waals surface area (Å²) in [6.07, 6.45) is 5.57. The number of aliphatic hydroxyl groups excluding tert-OH is 1. The maximum absolute atomic E-state index is 10.2. The fourth-order valence-electron chi connectivity index (χ4n) is 3.23. The first-order chi connectivity index (χ1) is 8.95. The molecule has 0 aromatic rings. The van der Waals surface area contributed by atoms with Crippen molar-refractivity contribution in [1.29, 1.82) is 0 Å². The lowest BCUT2D eigenvalue weighted by atomic mass is 9.89. The lowest BCUT2D eigenvalue weighted by Gasteiger charge is -2.38. The number of nitrogens with zero attached hydrogens (tertiary/aromatic N) is 2. The van der Waals surface area contributed by atoms with Gasteiger partial charge in [0.05, 0.1) is 6.10 Å². The summed E-state index contributed by atoms with van der Waals surface area (Å²) < 4.78 is 0. The molecule has 0 spiro atoms. The quantitative estimate of drug-likeness (QED) is 0.847. The van der Waals surface area contributed by atoms with E-state index in [9.17, 15) is 5.11 Å². The Morgan fingerprint density at radius 3 is 2.05 bits per heavy atom. The summed E-state index contributed by atoms with van der Waals surface area (Å²) in [4.78, 5) is 5.07. The van der Waals surface area contributed by atoms with E-state index in [1.807, 2.05) is 0 Å². The van der Waals surface area contributed by atoms with Crippen molar-refractivity contribution in [2.45, 2.75) is 52.6 Å². The fraction of sp³-hybridized carbons (Fsp3) is 1.00. The second-order valence-corrected chi connectivity index (χ2v) is 7.63. The van der Waals surface area contributed by atoms with Crippen LogP contribution >= 0.6 is 0 Å². The maximum atomic E-state index is 10.2. The van der Waals surface area contributed by atoms with Gasteiger partial charge in [-0.1, -0.05) is 33.6 Å². The van der Waals surface area contributed by atoms with Gasteiger partial charge in [0.2, 0.25) is 0 Å². The van der Waals surface area contributed by atoms with Crippen LogP contribution in [0.15, 0.2) is 0 Å². The van der Waals surface area contributed by atoms with E-state index >= 15 is 0 Å². The molecular weight excluding hydrogens is 236 g/mol. The molecule has 0 radical (unpaired) electrons. The highest BCUT2D eigenvalue weighted by atomic mass is 16.3. The summed E-state index contributed by atoms with van der Waals surface area (Å²) in [5.41, 5.74) is 0.000974. The fourth-order valence-corrected chi connectivity index (χ4v) is 3.23. The Labute approximate surface area is 119 Å². The third-order valence-electron chi connectivity index (χ3n) is 4.89. The zero-order chi connectivity index (χ0) is 13.9. The van der Waals surface area contributed by atoms with Gasteiger partial charge in [0.1, 0.15) is 0 Å². The minimum Gasteiger partial charge on any atom is -0.391 e. The topological polar surface area (TPSA) is 26.7 Å². The summed E-state index contributed by atoms with van der Waals surface area (Å²) in [6.45, 7) is 13.1. The Kier molecular flexibility index (Phi) is 5.27. The second kappa shape index (κ2) is 6.55. The monoisotopic (exact) mass is 268 g/mol. The Morgan fingerprint density at radius 1 is 1.00 bits per heavy atom. The number of hydrogen-bond donors (Lipinski definition) is 1. The predicted octanol–water partition coefficient (Wildman–Crippen LogP) is 2.20. The highest BCUT2D eigenvalue weighted by Gasteiger charge is 2.27. The summed E-state index contributed by atoms with van der Waals surface area (Å²) >= 11 is 0. The standard InChI is InChI=1S/C16H32N2O/c1-16(2,3)15(19)13-18-10-8-17(9-11-18)12-14-6-4-5-7-14/h14-15,19H,4-13H2,1-3H3/t15-/m1/s1. The van der Waals surface area contributed by atoms with Crippen molar-refractivity contribution in [2.75, 3.05) is 39.3 Å². The largest absolute Gasteiger partial charge is 0.391 e. The van der Waals surface area contributed by atoms with E-state index in [0.717, 1.165) is 25.6 Å². The van der Waals surface area contributed by atoms with E-state index < -0.39 is 0 Å².